The number of nitrogens with one attached hydrogen (secondary N) is 1. The van der Waals surface area contributed by atoms with Gasteiger partial charge in [0.1, 0.15) is 11.9 Å². The maximum atomic E-state index is 12.1. The molecule has 24 heavy (non-hydrogen) atoms. The Bertz CT molecular complexity index is 810. The number of benzene rings is 2. The Morgan fingerprint density at radius 3 is 2.83 bits per heavy atom. The van der Waals surface area contributed by atoms with Crippen molar-refractivity contribution in [2.24, 2.45) is 0 Å². The zero-order valence-corrected chi connectivity index (χ0v) is 14.2. The summed E-state index contributed by atoms with van der Waals surface area (Å²) in [7, 11) is 1.60. The van der Waals surface area contributed by atoms with Gasteiger partial charge in [0.05, 0.1) is 13.5 Å². The number of carbonyl (C=O) groups excluding carboxylic acids is 1. The van der Waals surface area contributed by atoms with Crippen LogP contribution in [0.4, 0.5) is 0 Å². The molecule has 0 spiro atoms. The minimum atomic E-state index is -0.698. The largest absolute Gasteiger partial charge is 0.497 e. The number of aliphatic hydroxyl groups excluding tert-OH is 1. The van der Waals surface area contributed by atoms with Crippen molar-refractivity contribution in [1.82, 2.24) is 5.32 Å². The van der Waals surface area contributed by atoms with Gasteiger partial charge < -0.3 is 15.2 Å². The van der Waals surface area contributed by atoms with Crippen LogP contribution in [-0.4, -0.2) is 24.7 Å². The minimum Gasteiger partial charge on any atom is -0.497 e. The summed E-state index contributed by atoms with van der Waals surface area (Å²) in [5.41, 5.74) is 0.878. The Balaban J connectivity index is 1.57. The minimum absolute atomic E-state index is 0.122. The van der Waals surface area contributed by atoms with Crippen molar-refractivity contribution in [3.63, 3.8) is 0 Å². The van der Waals surface area contributed by atoms with Gasteiger partial charge in [-0.05, 0) is 35.2 Å². The standard InChI is InChI=1S/C19H19NO3S/c1-23-15-7-4-5-13(9-15)10-19(22)20-12-16(21)18-11-14-6-2-3-8-17(14)24-18/h2-9,11,16,21H,10,12H2,1H3,(H,20,22). The van der Waals surface area contributed by atoms with Crippen molar-refractivity contribution in [2.75, 3.05) is 13.7 Å². The summed E-state index contributed by atoms with van der Waals surface area (Å²) in [6.45, 7) is 0.204. The van der Waals surface area contributed by atoms with Crippen molar-refractivity contribution in [2.45, 2.75) is 12.5 Å². The van der Waals surface area contributed by atoms with Gasteiger partial charge in [0.2, 0.25) is 5.91 Å². The van der Waals surface area contributed by atoms with Crippen LogP contribution in [0.5, 0.6) is 5.75 Å². The van der Waals surface area contributed by atoms with E-state index >= 15 is 0 Å². The van der Waals surface area contributed by atoms with Gasteiger partial charge >= 0.3 is 0 Å². The fourth-order valence-corrected chi connectivity index (χ4v) is 3.56. The second-order valence-electron chi connectivity index (χ2n) is 5.53. The van der Waals surface area contributed by atoms with Gasteiger partial charge in [0.15, 0.2) is 0 Å². The summed E-state index contributed by atoms with van der Waals surface area (Å²) >= 11 is 1.55. The predicted octanol–water partition coefficient (Wildman–Crippen LogP) is 3.30. The Morgan fingerprint density at radius 1 is 1.21 bits per heavy atom. The zero-order chi connectivity index (χ0) is 16.9. The zero-order valence-electron chi connectivity index (χ0n) is 13.4. The summed E-state index contributed by atoms with van der Waals surface area (Å²) in [4.78, 5) is 12.9. The molecular formula is C19H19NO3S. The molecule has 0 bridgehead atoms. The van der Waals surface area contributed by atoms with Crippen LogP contribution >= 0.6 is 11.3 Å². The Labute approximate surface area is 144 Å². The van der Waals surface area contributed by atoms with Crippen LogP contribution in [0.2, 0.25) is 0 Å². The van der Waals surface area contributed by atoms with E-state index in [0.29, 0.717) is 0 Å². The molecule has 0 aliphatic carbocycles. The number of rotatable bonds is 6. The third-order valence-corrected chi connectivity index (χ3v) is 4.98. The molecule has 2 N–H and O–H groups in total. The van der Waals surface area contributed by atoms with Crippen LogP contribution in [0.25, 0.3) is 10.1 Å². The molecule has 1 amide bonds. The van der Waals surface area contributed by atoms with Crippen LogP contribution in [0, 0.1) is 0 Å². The first-order valence-corrected chi connectivity index (χ1v) is 8.53. The molecule has 124 valence electrons. The molecule has 0 radical (unpaired) electrons. The van der Waals surface area contributed by atoms with Crippen molar-refractivity contribution in [3.8, 4) is 5.75 Å². The van der Waals surface area contributed by atoms with Gasteiger partial charge in [0, 0.05) is 16.1 Å². The third-order valence-electron chi connectivity index (χ3n) is 3.76. The van der Waals surface area contributed by atoms with Crippen molar-refractivity contribution in [1.29, 1.82) is 0 Å². The van der Waals surface area contributed by atoms with Crippen LogP contribution in [0.3, 0.4) is 0 Å². The first-order valence-electron chi connectivity index (χ1n) is 7.72. The number of hydrogen-bond acceptors (Lipinski definition) is 4. The Morgan fingerprint density at radius 2 is 2.04 bits per heavy atom. The number of thiophene rings is 1. The molecule has 0 aliphatic heterocycles. The van der Waals surface area contributed by atoms with Gasteiger partial charge in [-0.3, -0.25) is 4.79 Å². The van der Waals surface area contributed by atoms with E-state index in [0.717, 1.165) is 26.3 Å². The average molecular weight is 341 g/mol. The van der Waals surface area contributed by atoms with Crippen molar-refractivity contribution >= 4 is 27.3 Å². The highest BCUT2D eigenvalue weighted by atomic mass is 32.1. The second-order valence-corrected chi connectivity index (χ2v) is 6.65. The van der Waals surface area contributed by atoms with E-state index in [9.17, 15) is 9.90 Å². The fraction of sp³-hybridized carbons (Fsp3) is 0.211. The molecule has 1 unspecified atom stereocenters. The highest BCUT2D eigenvalue weighted by molar-refractivity contribution is 7.19. The summed E-state index contributed by atoms with van der Waals surface area (Å²) in [5.74, 6) is 0.606. The van der Waals surface area contributed by atoms with E-state index in [1.807, 2.05) is 54.6 Å². The van der Waals surface area contributed by atoms with E-state index in [1.165, 1.54) is 0 Å². The highest BCUT2D eigenvalue weighted by Crippen LogP contribution is 2.29. The van der Waals surface area contributed by atoms with Crippen LogP contribution in [0.15, 0.2) is 54.6 Å². The smallest absolute Gasteiger partial charge is 0.224 e. The monoisotopic (exact) mass is 341 g/mol. The molecule has 2 aromatic carbocycles. The van der Waals surface area contributed by atoms with Crippen molar-refractivity contribution in [3.05, 3.63) is 65.0 Å². The molecule has 0 saturated heterocycles. The maximum Gasteiger partial charge on any atom is 0.224 e. The number of ether oxygens (including phenoxy) is 1. The van der Waals surface area contributed by atoms with Crippen molar-refractivity contribution < 1.29 is 14.6 Å². The molecule has 1 atom stereocenters. The molecule has 3 aromatic rings. The highest BCUT2D eigenvalue weighted by Gasteiger charge is 2.13. The lowest BCUT2D eigenvalue weighted by Gasteiger charge is -2.10. The number of methoxy groups -OCH3 is 1. The maximum absolute atomic E-state index is 12.1. The lowest BCUT2D eigenvalue weighted by molar-refractivity contribution is -0.120. The number of fused-ring (bicyclic) bond motifs is 1. The van der Waals surface area contributed by atoms with Gasteiger partial charge in [0.25, 0.3) is 0 Å². The molecule has 0 saturated carbocycles. The SMILES string of the molecule is COc1cccc(CC(=O)NCC(O)c2cc3ccccc3s2)c1. The lowest BCUT2D eigenvalue weighted by atomic mass is 10.1. The fourth-order valence-electron chi connectivity index (χ4n) is 2.51. The average Bonchev–Trinajstić information content (AvgIpc) is 3.04. The number of hydrogen-bond donors (Lipinski definition) is 2. The van der Waals surface area contributed by atoms with Crippen LogP contribution in [0.1, 0.15) is 16.5 Å². The number of aliphatic hydroxyl groups is 1. The molecule has 4 nitrogen and oxygen atoms in total. The quantitative estimate of drug-likeness (QED) is 0.723. The topological polar surface area (TPSA) is 58.6 Å². The first-order chi connectivity index (χ1) is 11.7. The summed E-state index contributed by atoms with van der Waals surface area (Å²) in [6, 6.07) is 17.4. The second kappa shape index (κ2) is 7.47. The van der Waals surface area contributed by atoms with Crippen LogP contribution < -0.4 is 10.1 Å². The van der Waals surface area contributed by atoms with E-state index in [4.69, 9.17) is 4.74 Å². The lowest BCUT2D eigenvalue weighted by Crippen LogP contribution is -2.29. The number of carbonyl (C=O) groups is 1. The Kier molecular flexibility index (Phi) is 5.13. The molecule has 0 aliphatic rings. The normalized spacial score (nSPS) is 12.1. The molecule has 0 fully saturated rings. The van der Waals surface area contributed by atoms with E-state index in [2.05, 4.69) is 5.32 Å². The molecule has 5 heteroatoms. The van der Waals surface area contributed by atoms with E-state index < -0.39 is 6.10 Å². The predicted molar refractivity (Wildman–Crippen MR) is 96.5 cm³/mol. The van der Waals surface area contributed by atoms with Gasteiger partial charge in [-0.1, -0.05) is 30.3 Å². The molecule has 1 heterocycles. The van der Waals surface area contributed by atoms with Gasteiger partial charge in [-0.25, -0.2) is 0 Å². The Hall–Kier alpha value is -2.37. The van der Waals surface area contributed by atoms with Gasteiger partial charge in [-0.2, -0.15) is 0 Å². The molecule has 3 rings (SSSR count). The van der Waals surface area contributed by atoms with Crippen LogP contribution in [-0.2, 0) is 11.2 Å². The van der Waals surface area contributed by atoms with E-state index in [-0.39, 0.29) is 18.9 Å². The summed E-state index contributed by atoms with van der Waals surface area (Å²) in [5, 5.41) is 14.2. The summed E-state index contributed by atoms with van der Waals surface area (Å²) < 4.78 is 6.28. The van der Waals surface area contributed by atoms with E-state index in [1.54, 1.807) is 18.4 Å². The first kappa shape index (κ1) is 16.5. The molecular weight excluding hydrogens is 322 g/mol. The summed E-state index contributed by atoms with van der Waals surface area (Å²) in [6.07, 6.45) is -0.437. The third kappa shape index (κ3) is 3.93. The number of amides is 1. The van der Waals surface area contributed by atoms with Gasteiger partial charge in [-0.15, -0.1) is 11.3 Å². The molecule has 1 aromatic heterocycles.